The first-order valence-electron chi connectivity index (χ1n) is 9.28. The summed E-state index contributed by atoms with van der Waals surface area (Å²) in [6.45, 7) is 6.15. The predicted octanol–water partition coefficient (Wildman–Crippen LogP) is 2.99. The van der Waals surface area contributed by atoms with Gasteiger partial charge in [-0.3, -0.25) is 0 Å². The molecule has 4 atom stereocenters. The Morgan fingerprint density at radius 2 is 1.86 bits per heavy atom. The molecular formula is C18H31NO2. The Morgan fingerprint density at radius 1 is 1.10 bits per heavy atom. The lowest BCUT2D eigenvalue weighted by Crippen LogP contribution is -2.50. The molecule has 0 amide bonds. The number of hydrogen-bond acceptors (Lipinski definition) is 3. The van der Waals surface area contributed by atoms with Crippen LogP contribution in [0.1, 0.15) is 51.9 Å². The van der Waals surface area contributed by atoms with Crippen LogP contribution in [0.4, 0.5) is 0 Å². The van der Waals surface area contributed by atoms with Gasteiger partial charge >= 0.3 is 0 Å². The fourth-order valence-corrected chi connectivity index (χ4v) is 5.73. The minimum atomic E-state index is 0.152. The van der Waals surface area contributed by atoms with Crippen LogP contribution in [0, 0.1) is 23.7 Å². The maximum atomic E-state index is 6.25. The van der Waals surface area contributed by atoms with Crippen molar-refractivity contribution < 1.29 is 9.47 Å². The maximum Gasteiger partial charge on any atom is 0.0729 e. The van der Waals surface area contributed by atoms with E-state index >= 15 is 0 Å². The zero-order valence-corrected chi connectivity index (χ0v) is 13.5. The summed E-state index contributed by atoms with van der Waals surface area (Å²) in [5.74, 6) is 3.93. The Kier molecular flexibility index (Phi) is 4.01. The highest BCUT2D eigenvalue weighted by atomic mass is 16.5. The van der Waals surface area contributed by atoms with Gasteiger partial charge in [-0.15, -0.1) is 0 Å². The van der Waals surface area contributed by atoms with Crippen LogP contribution >= 0.6 is 0 Å². The molecule has 2 saturated heterocycles. The van der Waals surface area contributed by atoms with Gasteiger partial charge in [0.05, 0.1) is 5.60 Å². The van der Waals surface area contributed by atoms with Crippen molar-refractivity contribution in [2.75, 3.05) is 26.4 Å². The van der Waals surface area contributed by atoms with Crippen LogP contribution in [-0.4, -0.2) is 38.0 Å². The minimum absolute atomic E-state index is 0.152. The Labute approximate surface area is 129 Å². The maximum absolute atomic E-state index is 6.25. The molecule has 2 aliphatic heterocycles. The molecule has 120 valence electrons. The molecule has 2 saturated carbocycles. The Morgan fingerprint density at radius 3 is 2.57 bits per heavy atom. The van der Waals surface area contributed by atoms with Crippen molar-refractivity contribution in [2.24, 2.45) is 23.7 Å². The van der Waals surface area contributed by atoms with Crippen LogP contribution in [0.15, 0.2) is 0 Å². The molecule has 4 aliphatic rings. The van der Waals surface area contributed by atoms with Gasteiger partial charge in [0.25, 0.3) is 0 Å². The predicted molar refractivity (Wildman–Crippen MR) is 83.2 cm³/mol. The molecule has 2 aliphatic carbocycles. The standard InChI is InChI=1S/C18H31NO2/c1-2-19-17(16-14-4-3-5-15(14)16)13-6-9-21-18(12-13)7-10-20-11-8-18/h13-17,19H,2-12H2,1H3. The largest absolute Gasteiger partial charge is 0.381 e. The summed E-state index contributed by atoms with van der Waals surface area (Å²) in [4.78, 5) is 0. The van der Waals surface area contributed by atoms with Crippen LogP contribution < -0.4 is 5.32 Å². The second-order valence-electron chi connectivity index (χ2n) is 7.82. The van der Waals surface area contributed by atoms with Crippen LogP contribution in [0.3, 0.4) is 0 Å². The highest BCUT2D eigenvalue weighted by Gasteiger charge is 2.57. The van der Waals surface area contributed by atoms with Crippen LogP contribution in [-0.2, 0) is 9.47 Å². The summed E-state index contributed by atoms with van der Waals surface area (Å²) in [5, 5.41) is 3.88. The molecule has 0 bridgehead atoms. The quantitative estimate of drug-likeness (QED) is 0.864. The SMILES string of the molecule is CCNC(C1CCOC2(CCOCC2)C1)C1C2CCCC21. The molecule has 0 aromatic carbocycles. The highest BCUT2D eigenvalue weighted by molar-refractivity contribution is 5.09. The van der Waals surface area contributed by atoms with Gasteiger partial charge in [0.15, 0.2) is 0 Å². The van der Waals surface area contributed by atoms with Crippen molar-refractivity contribution in [2.45, 2.75) is 63.5 Å². The monoisotopic (exact) mass is 293 g/mol. The fraction of sp³-hybridized carbons (Fsp3) is 1.00. The van der Waals surface area contributed by atoms with Gasteiger partial charge in [-0.2, -0.15) is 0 Å². The molecule has 2 heterocycles. The van der Waals surface area contributed by atoms with Gasteiger partial charge in [-0.25, -0.2) is 0 Å². The van der Waals surface area contributed by atoms with Crippen LogP contribution in [0.2, 0.25) is 0 Å². The van der Waals surface area contributed by atoms with Crippen molar-refractivity contribution in [3.63, 3.8) is 0 Å². The second-order valence-corrected chi connectivity index (χ2v) is 7.82. The third kappa shape index (κ3) is 2.66. The van der Waals surface area contributed by atoms with E-state index in [1.807, 2.05) is 0 Å². The van der Waals surface area contributed by atoms with E-state index in [2.05, 4.69) is 12.2 Å². The lowest BCUT2D eigenvalue weighted by Gasteiger charge is -2.45. The molecule has 0 aromatic heterocycles. The van der Waals surface area contributed by atoms with Crippen molar-refractivity contribution in [3.8, 4) is 0 Å². The van der Waals surface area contributed by atoms with Crippen molar-refractivity contribution >= 4 is 0 Å². The third-order valence-electron chi connectivity index (χ3n) is 6.77. The van der Waals surface area contributed by atoms with Gasteiger partial charge in [0.1, 0.15) is 0 Å². The van der Waals surface area contributed by atoms with Gasteiger partial charge < -0.3 is 14.8 Å². The number of ether oxygens (including phenoxy) is 2. The number of rotatable bonds is 4. The summed E-state index contributed by atoms with van der Waals surface area (Å²) in [6, 6.07) is 0.758. The minimum Gasteiger partial charge on any atom is -0.381 e. The van der Waals surface area contributed by atoms with E-state index in [1.54, 1.807) is 0 Å². The molecule has 4 rings (SSSR count). The van der Waals surface area contributed by atoms with Gasteiger partial charge in [0, 0.05) is 25.9 Å². The Balaban J connectivity index is 1.45. The van der Waals surface area contributed by atoms with Gasteiger partial charge in [-0.1, -0.05) is 13.3 Å². The number of hydrogen-bond donors (Lipinski definition) is 1. The molecule has 1 N–H and O–H groups in total. The smallest absolute Gasteiger partial charge is 0.0729 e. The van der Waals surface area contributed by atoms with E-state index in [0.29, 0.717) is 0 Å². The van der Waals surface area contributed by atoms with E-state index in [1.165, 1.54) is 32.1 Å². The zero-order valence-electron chi connectivity index (χ0n) is 13.5. The van der Waals surface area contributed by atoms with E-state index in [0.717, 1.165) is 68.9 Å². The molecule has 0 radical (unpaired) electrons. The fourth-order valence-electron chi connectivity index (χ4n) is 5.73. The van der Waals surface area contributed by atoms with Gasteiger partial charge in [0.2, 0.25) is 0 Å². The van der Waals surface area contributed by atoms with Crippen molar-refractivity contribution in [1.29, 1.82) is 0 Å². The Bertz CT molecular complexity index is 351. The van der Waals surface area contributed by atoms with Crippen LogP contribution in [0.25, 0.3) is 0 Å². The van der Waals surface area contributed by atoms with E-state index in [9.17, 15) is 0 Å². The summed E-state index contributed by atoms with van der Waals surface area (Å²) in [5.41, 5.74) is 0.152. The third-order valence-corrected chi connectivity index (χ3v) is 6.77. The van der Waals surface area contributed by atoms with Crippen molar-refractivity contribution in [1.82, 2.24) is 5.32 Å². The molecule has 21 heavy (non-hydrogen) atoms. The Hall–Kier alpha value is -0.120. The number of fused-ring (bicyclic) bond motifs is 1. The van der Waals surface area contributed by atoms with E-state index in [-0.39, 0.29) is 5.60 Å². The van der Waals surface area contributed by atoms with Crippen molar-refractivity contribution in [3.05, 3.63) is 0 Å². The normalized spacial score (nSPS) is 42.7. The molecule has 1 spiro atoms. The highest BCUT2D eigenvalue weighted by Crippen LogP contribution is 2.60. The first kappa shape index (κ1) is 14.5. The molecular weight excluding hydrogens is 262 g/mol. The first-order valence-corrected chi connectivity index (χ1v) is 9.28. The average Bonchev–Trinajstić information content (AvgIpc) is 2.96. The van der Waals surface area contributed by atoms with E-state index in [4.69, 9.17) is 9.47 Å². The lowest BCUT2D eigenvalue weighted by atomic mass is 9.76. The molecule has 4 fully saturated rings. The van der Waals surface area contributed by atoms with Gasteiger partial charge in [-0.05, 0) is 68.7 Å². The second kappa shape index (κ2) is 5.82. The van der Waals surface area contributed by atoms with Crippen LogP contribution in [0.5, 0.6) is 0 Å². The summed E-state index contributed by atoms with van der Waals surface area (Å²) < 4.78 is 11.8. The summed E-state index contributed by atoms with van der Waals surface area (Å²) >= 11 is 0. The summed E-state index contributed by atoms with van der Waals surface area (Å²) in [6.07, 6.45) is 9.23. The lowest BCUT2D eigenvalue weighted by molar-refractivity contribution is -0.151. The molecule has 0 aromatic rings. The molecule has 3 heteroatoms. The molecule has 4 unspecified atom stereocenters. The number of nitrogens with one attached hydrogen (secondary N) is 1. The summed E-state index contributed by atoms with van der Waals surface area (Å²) in [7, 11) is 0. The average molecular weight is 293 g/mol. The van der Waals surface area contributed by atoms with E-state index < -0.39 is 0 Å². The zero-order chi connectivity index (χ0) is 14.3. The first-order chi connectivity index (χ1) is 10.3. The topological polar surface area (TPSA) is 30.5 Å². The molecule has 3 nitrogen and oxygen atoms in total.